The molecule has 2 aromatic carbocycles. The van der Waals surface area contributed by atoms with E-state index in [0.29, 0.717) is 6.61 Å². The number of ether oxygens (including phenoxy) is 1. The van der Waals surface area contributed by atoms with Crippen LogP contribution in [0.1, 0.15) is 39.8 Å². The fourth-order valence-electron chi connectivity index (χ4n) is 3.78. The molecule has 1 atom stereocenters. The number of hydrogen-bond donors (Lipinski definition) is 0. The van der Waals surface area contributed by atoms with Crippen LogP contribution in [0.15, 0.2) is 42.5 Å². The van der Waals surface area contributed by atoms with Crippen molar-refractivity contribution in [2.24, 2.45) is 0 Å². The number of amides is 1. The summed E-state index contributed by atoms with van der Waals surface area (Å²) in [7, 11) is 0. The molecule has 126 valence electrons. The van der Waals surface area contributed by atoms with Gasteiger partial charge in [-0.15, -0.1) is 11.3 Å². The number of nitrogens with zero attached hydrogens (tertiary/aromatic N) is 2. The molecule has 1 fully saturated rings. The molecule has 3 aromatic rings. The van der Waals surface area contributed by atoms with E-state index >= 15 is 0 Å². The second-order valence-corrected chi connectivity index (χ2v) is 7.66. The number of thiazole rings is 1. The predicted molar refractivity (Wildman–Crippen MR) is 98.3 cm³/mol. The summed E-state index contributed by atoms with van der Waals surface area (Å²) in [5.41, 5.74) is 2.93. The summed E-state index contributed by atoms with van der Waals surface area (Å²) < 4.78 is 6.74. The van der Waals surface area contributed by atoms with Crippen LogP contribution in [0.3, 0.4) is 0 Å². The summed E-state index contributed by atoms with van der Waals surface area (Å²) in [6.07, 6.45) is 2.90. The maximum atomic E-state index is 13.1. The fourth-order valence-corrected chi connectivity index (χ4v) is 4.90. The van der Waals surface area contributed by atoms with Crippen molar-refractivity contribution in [3.05, 3.63) is 58.6 Å². The van der Waals surface area contributed by atoms with E-state index in [0.717, 1.165) is 53.2 Å². The Morgan fingerprint density at radius 3 is 3.08 bits per heavy atom. The quantitative estimate of drug-likeness (QED) is 0.695. The van der Waals surface area contributed by atoms with Crippen molar-refractivity contribution in [3.63, 3.8) is 0 Å². The van der Waals surface area contributed by atoms with Crippen molar-refractivity contribution in [3.8, 4) is 5.75 Å². The minimum Gasteiger partial charge on any atom is -0.493 e. The van der Waals surface area contributed by atoms with Gasteiger partial charge in [-0.25, -0.2) is 4.98 Å². The first-order valence-electron chi connectivity index (χ1n) is 8.72. The van der Waals surface area contributed by atoms with E-state index in [9.17, 15) is 4.79 Å². The maximum absolute atomic E-state index is 13.1. The number of carbonyl (C=O) groups is 1. The normalized spacial score (nSPS) is 19.2. The molecule has 3 heterocycles. The molecule has 0 saturated carbocycles. The molecule has 4 nitrogen and oxygen atoms in total. The van der Waals surface area contributed by atoms with Crippen LogP contribution in [0.2, 0.25) is 0 Å². The van der Waals surface area contributed by atoms with Gasteiger partial charge >= 0.3 is 0 Å². The van der Waals surface area contributed by atoms with E-state index in [1.165, 1.54) is 4.70 Å². The topological polar surface area (TPSA) is 42.4 Å². The smallest absolute Gasteiger partial charge is 0.254 e. The van der Waals surface area contributed by atoms with Gasteiger partial charge in [0.25, 0.3) is 5.91 Å². The average molecular weight is 350 g/mol. The highest BCUT2D eigenvalue weighted by Gasteiger charge is 2.33. The molecule has 5 heteroatoms. The summed E-state index contributed by atoms with van der Waals surface area (Å²) >= 11 is 1.71. The molecular weight excluding hydrogens is 332 g/mol. The first-order chi connectivity index (χ1) is 12.3. The first-order valence-corrected chi connectivity index (χ1v) is 9.53. The number of rotatable bonds is 2. The van der Waals surface area contributed by atoms with Crippen LogP contribution in [0.5, 0.6) is 5.75 Å². The van der Waals surface area contributed by atoms with Crippen molar-refractivity contribution in [1.82, 2.24) is 9.88 Å². The molecule has 1 saturated heterocycles. The van der Waals surface area contributed by atoms with Gasteiger partial charge in [0.05, 0.1) is 22.9 Å². The van der Waals surface area contributed by atoms with Gasteiger partial charge in [0.2, 0.25) is 0 Å². The molecule has 0 N–H and O–H groups in total. The fraction of sp³-hybridized carbons (Fsp3) is 0.300. The average Bonchev–Trinajstić information content (AvgIpc) is 3.37. The molecule has 0 spiro atoms. The number of carbonyl (C=O) groups excluding carboxylic acids is 1. The first kappa shape index (κ1) is 14.9. The van der Waals surface area contributed by atoms with Gasteiger partial charge in [0.1, 0.15) is 10.8 Å². The number of benzene rings is 2. The Balaban J connectivity index is 1.47. The lowest BCUT2D eigenvalue weighted by molar-refractivity contribution is 0.0735. The van der Waals surface area contributed by atoms with E-state index in [2.05, 4.69) is 6.07 Å². The molecule has 0 aliphatic carbocycles. The van der Waals surface area contributed by atoms with E-state index < -0.39 is 0 Å². The van der Waals surface area contributed by atoms with Gasteiger partial charge in [-0.3, -0.25) is 4.79 Å². The van der Waals surface area contributed by atoms with Crippen LogP contribution in [-0.4, -0.2) is 28.9 Å². The second kappa shape index (κ2) is 5.85. The van der Waals surface area contributed by atoms with Crippen LogP contribution < -0.4 is 4.74 Å². The van der Waals surface area contributed by atoms with Crippen LogP contribution in [0.4, 0.5) is 0 Å². The number of likely N-dealkylation sites (tertiary alicyclic amines) is 1. The number of aromatic nitrogens is 1. The zero-order chi connectivity index (χ0) is 16.8. The van der Waals surface area contributed by atoms with Crippen LogP contribution in [0, 0.1) is 0 Å². The largest absolute Gasteiger partial charge is 0.493 e. The third-order valence-corrected chi connectivity index (χ3v) is 6.18. The van der Waals surface area contributed by atoms with Crippen molar-refractivity contribution >= 4 is 27.5 Å². The number of fused-ring (bicyclic) bond motifs is 2. The Hall–Kier alpha value is -2.40. The van der Waals surface area contributed by atoms with Crippen molar-refractivity contribution in [2.45, 2.75) is 25.3 Å². The molecule has 1 unspecified atom stereocenters. The molecule has 0 bridgehead atoms. The van der Waals surface area contributed by atoms with Gasteiger partial charge < -0.3 is 9.64 Å². The highest BCUT2D eigenvalue weighted by molar-refractivity contribution is 7.18. The lowest BCUT2D eigenvalue weighted by atomic mass is 10.1. The summed E-state index contributed by atoms with van der Waals surface area (Å²) in [6, 6.07) is 14.1. The van der Waals surface area contributed by atoms with Crippen molar-refractivity contribution < 1.29 is 9.53 Å². The Morgan fingerprint density at radius 1 is 1.24 bits per heavy atom. The molecule has 2 aliphatic rings. The molecule has 1 amide bonds. The maximum Gasteiger partial charge on any atom is 0.254 e. The van der Waals surface area contributed by atoms with E-state index in [1.54, 1.807) is 11.3 Å². The van der Waals surface area contributed by atoms with Crippen LogP contribution in [0.25, 0.3) is 10.2 Å². The van der Waals surface area contributed by atoms with E-state index in [1.807, 2.05) is 41.3 Å². The van der Waals surface area contributed by atoms with Crippen LogP contribution in [-0.2, 0) is 6.42 Å². The SMILES string of the molecule is O=C(c1ccc2c(c1)CCO2)N1CCCC1c1nc2ccccc2s1. The molecular formula is C20H18N2O2S. The van der Waals surface area contributed by atoms with E-state index in [4.69, 9.17) is 9.72 Å². The molecule has 0 radical (unpaired) electrons. The number of hydrogen-bond acceptors (Lipinski definition) is 4. The van der Waals surface area contributed by atoms with Gasteiger partial charge in [0, 0.05) is 18.5 Å². The minimum absolute atomic E-state index is 0.0920. The molecule has 5 rings (SSSR count). The van der Waals surface area contributed by atoms with Gasteiger partial charge in [-0.1, -0.05) is 12.1 Å². The van der Waals surface area contributed by atoms with Crippen molar-refractivity contribution in [1.29, 1.82) is 0 Å². The van der Waals surface area contributed by atoms with Crippen molar-refractivity contribution in [2.75, 3.05) is 13.2 Å². The summed E-state index contributed by atoms with van der Waals surface area (Å²) in [5, 5.41) is 1.05. The molecule has 1 aromatic heterocycles. The Bertz CT molecular complexity index is 932. The van der Waals surface area contributed by atoms with Gasteiger partial charge in [-0.2, -0.15) is 0 Å². The Morgan fingerprint density at radius 2 is 2.16 bits per heavy atom. The monoisotopic (exact) mass is 350 g/mol. The summed E-state index contributed by atoms with van der Waals surface area (Å²) in [5.74, 6) is 1.03. The standard InChI is InChI=1S/C20H18N2O2S/c23-20(14-7-8-17-13(12-14)9-11-24-17)22-10-3-5-16(22)19-21-15-4-1-2-6-18(15)25-19/h1-2,4,6-8,12,16H,3,5,9-11H2. The summed E-state index contributed by atoms with van der Waals surface area (Å²) in [6.45, 7) is 1.51. The lowest BCUT2D eigenvalue weighted by Crippen LogP contribution is -2.30. The predicted octanol–water partition coefficient (Wildman–Crippen LogP) is 4.21. The Labute approximate surface area is 150 Å². The van der Waals surface area contributed by atoms with E-state index in [-0.39, 0.29) is 11.9 Å². The molecule has 2 aliphatic heterocycles. The zero-order valence-corrected chi connectivity index (χ0v) is 14.6. The summed E-state index contributed by atoms with van der Waals surface area (Å²) in [4.78, 5) is 19.9. The highest BCUT2D eigenvalue weighted by Crippen LogP contribution is 2.37. The Kier molecular flexibility index (Phi) is 3.48. The second-order valence-electron chi connectivity index (χ2n) is 6.60. The van der Waals surface area contributed by atoms with Crippen LogP contribution >= 0.6 is 11.3 Å². The third kappa shape index (κ3) is 2.50. The highest BCUT2D eigenvalue weighted by atomic mass is 32.1. The minimum atomic E-state index is 0.0920. The van der Waals surface area contributed by atoms with Gasteiger partial charge in [0.15, 0.2) is 0 Å². The van der Waals surface area contributed by atoms with Gasteiger partial charge in [-0.05, 0) is 48.7 Å². The zero-order valence-electron chi connectivity index (χ0n) is 13.8. The third-order valence-electron chi connectivity index (χ3n) is 5.05. The lowest BCUT2D eigenvalue weighted by Gasteiger charge is -2.23. The molecule has 25 heavy (non-hydrogen) atoms. The number of para-hydroxylation sites is 1.